The molecule has 0 aliphatic heterocycles. The second-order valence-corrected chi connectivity index (χ2v) is 5.23. The van der Waals surface area contributed by atoms with Gasteiger partial charge in [0.15, 0.2) is 0 Å². The van der Waals surface area contributed by atoms with Crippen LogP contribution in [0.5, 0.6) is 0 Å². The minimum Gasteiger partial charge on any atom is -0.478 e. The lowest BCUT2D eigenvalue weighted by atomic mass is 10.1. The van der Waals surface area contributed by atoms with Crippen LogP contribution in [0.25, 0.3) is 22.2 Å². The Morgan fingerprint density at radius 1 is 1.19 bits per heavy atom. The number of aromatic carboxylic acids is 1. The second kappa shape index (κ2) is 5.31. The molecule has 1 N–H and O–H groups in total. The molecule has 2 heterocycles. The molecular formula is C15H8Cl2N2O2. The highest BCUT2D eigenvalue weighted by Gasteiger charge is 2.15. The summed E-state index contributed by atoms with van der Waals surface area (Å²) in [5, 5.41) is 10.5. The highest BCUT2D eigenvalue weighted by atomic mass is 35.5. The van der Waals surface area contributed by atoms with E-state index in [9.17, 15) is 9.90 Å². The van der Waals surface area contributed by atoms with Crippen molar-refractivity contribution < 1.29 is 9.90 Å². The van der Waals surface area contributed by atoms with Crippen molar-refractivity contribution in [1.82, 2.24) is 9.97 Å². The minimum atomic E-state index is -1.06. The third kappa shape index (κ3) is 2.55. The van der Waals surface area contributed by atoms with Gasteiger partial charge in [0.2, 0.25) is 0 Å². The number of pyridine rings is 2. The van der Waals surface area contributed by atoms with Crippen molar-refractivity contribution in [3.8, 4) is 11.3 Å². The Labute approximate surface area is 130 Å². The molecule has 1 aromatic carbocycles. The van der Waals surface area contributed by atoms with E-state index in [-0.39, 0.29) is 5.56 Å². The van der Waals surface area contributed by atoms with Gasteiger partial charge in [-0.15, -0.1) is 0 Å². The molecule has 0 atom stereocenters. The lowest BCUT2D eigenvalue weighted by molar-refractivity contribution is 0.0699. The van der Waals surface area contributed by atoms with E-state index in [4.69, 9.17) is 23.2 Å². The number of hydrogen-bond donors (Lipinski definition) is 1. The van der Waals surface area contributed by atoms with Gasteiger partial charge in [-0.3, -0.25) is 4.98 Å². The molecule has 21 heavy (non-hydrogen) atoms. The van der Waals surface area contributed by atoms with Crippen LogP contribution in [-0.2, 0) is 0 Å². The normalized spacial score (nSPS) is 10.8. The molecule has 0 bridgehead atoms. The zero-order valence-electron chi connectivity index (χ0n) is 10.5. The molecule has 0 fully saturated rings. The SMILES string of the molecule is O=C(O)c1cc(-c2cccnc2)nc2c(Cl)cc(Cl)cc12. The average molecular weight is 319 g/mol. The number of carboxylic acid groups (broad SMARTS) is 1. The molecule has 0 amide bonds. The lowest BCUT2D eigenvalue weighted by Crippen LogP contribution is -2.01. The highest BCUT2D eigenvalue weighted by molar-refractivity contribution is 6.38. The van der Waals surface area contributed by atoms with E-state index >= 15 is 0 Å². The van der Waals surface area contributed by atoms with Crippen LogP contribution in [0.15, 0.2) is 42.7 Å². The molecular weight excluding hydrogens is 311 g/mol. The molecule has 4 nitrogen and oxygen atoms in total. The number of hydrogen-bond acceptors (Lipinski definition) is 3. The van der Waals surface area contributed by atoms with Gasteiger partial charge in [-0.1, -0.05) is 23.2 Å². The molecule has 0 aliphatic carbocycles. The number of rotatable bonds is 2. The van der Waals surface area contributed by atoms with Crippen molar-refractivity contribution >= 4 is 40.1 Å². The fourth-order valence-corrected chi connectivity index (χ4v) is 2.63. The lowest BCUT2D eigenvalue weighted by Gasteiger charge is -2.08. The fourth-order valence-electron chi connectivity index (χ4n) is 2.09. The minimum absolute atomic E-state index is 0.100. The summed E-state index contributed by atoms with van der Waals surface area (Å²) in [5.74, 6) is -1.06. The summed E-state index contributed by atoms with van der Waals surface area (Å²) >= 11 is 12.1. The van der Waals surface area contributed by atoms with Crippen molar-refractivity contribution in [1.29, 1.82) is 0 Å². The quantitative estimate of drug-likeness (QED) is 0.765. The zero-order valence-corrected chi connectivity index (χ0v) is 12.1. The Kier molecular flexibility index (Phi) is 3.49. The Balaban J connectivity index is 2.38. The summed E-state index contributed by atoms with van der Waals surface area (Å²) in [6, 6.07) is 8.14. The van der Waals surface area contributed by atoms with E-state index in [1.807, 2.05) is 0 Å². The van der Waals surface area contributed by atoms with Crippen molar-refractivity contribution in [2.45, 2.75) is 0 Å². The maximum absolute atomic E-state index is 11.5. The molecule has 0 radical (unpaired) electrons. The molecule has 0 spiro atoms. The number of benzene rings is 1. The summed E-state index contributed by atoms with van der Waals surface area (Å²) in [5.41, 5.74) is 1.72. The van der Waals surface area contributed by atoms with Crippen molar-refractivity contribution in [3.63, 3.8) is 0 Å². The molecule has 3 aromatic rings. The third-order valence-electron chi connectivity index (χ3n) is 3.02. The van der Waals surface area contributed by atoms with Gasteiger partial charge in [0.1, 0.15) is 0 Å². The maximum atomic E-state index is 11.5. The molecule has 0 saturated carbocycles. The van der Waals surface area contributed by atoms with Crippen LogP contribution in [0.1, 0.15) is 10.4 Å². The monoisotopic (exact) mass is 318 g/mol. The van der Waals surface area contributed by atoms with E-state index in [0.29, 0.717) is 32.2 Å². The first-order valence-electron chi connectivity index (χ1n) is 6.00. The fraction of sp³-hybridized carbons (Fsp3) is 0. The van der Waals surface area contributed by atoms with E-state index in [1.165, 1.54) is 12.1 Å². The molecule has 6 heteroatoms. The molecule has 0 saturated heterocycles. The number of fused-ring (bicyclic) bond motifs is 1. The predicted molar refractivity (Wildman–Crippen MR) is 82.0 cm³/mol. The summed E-state index contributed by atoms with van der Waals surface area (Å²) in [6.45, 7) is 0. The summed E-state index contributed by atoms with van der Waals surface area (Å²) < 4.78 is 0. The van der Waals surface area contributed by atoms with Crippen molar-refractivity contribution in [2.75, 3.05) is 0 Å². The Bertz CT molecular complexity index is 851. The van der Waals surface area contributed by atoms with Gasteiger partial charge in [-0.05, 0) is 30.3 Å². The van der Waals surface area contributed by atoms with Crippen LogP contribution in [0.2, 0.25) is 10.0 Å². The number of carbonyl (C=O) groups is 1. The molecule has 2 aromatic heterocycles. The van der Waals surface area contributed by atoms with Gasteiger partial charge in [-0.2, -0.15) is 0 Å². The van der Waals surface area contributed by atoms with Gasteiger partial charge >= 0.3 is 5.97 Å². The second-order valence-electron chi connectivity index (χ2n) is 4.39. The Hall–Kier alpha value is -2.17. The molecule has 0 unspecified atom stereocenters. The van der Waals surface area contributed by atoms with E-state index in [0.717, 1.165) is 0 Å². The zero-order chi connectivity index (χ0) is 15.0. The molecule has 0 aliphatic rings. The van der Waals surface area contributed by atoms with E-state index in [1.54, 1.807) is 30.6 Å². The van der Waals surface area contributed by atoms with Crippen molar-refractivity contribution in [3.05, 3.63) is 58.3 Å². The highest BCUT2D eigenvalue weighted by Crippen LogP contribution is 2.31. The number of aromatic nitrogens is 2. The predicted octanol–water partition coefficient (Wildman–Crippen LogP) is 4.30. The van der Waals surface area contributed by atoms with Crippen LogP contribution in [0, 0.1) is 0 Å². The van der Waals surface area contributed by atoms with Crippen molar-refractivity contribution in [2.24, 2.45) is 0 Å². The van der Waals surface area contributed by atoms with Crippen LogP contribution >= 0.6 is 23.2 Å². The third-order valence-corrected chi connectivity index (χ3v) is 3.53. The number of nitrogens with zero attached hydrogens (tertiary/aromatic N) is 2. The summed E-state index contributed by atoms with van der Waals surface area (Å²) in [4.78, 5) is 19.9. The first-order valence-corrected chi connectivity index (χ1v) is 6.75. The Morgan fingerprint density at radius 3 is 2.67 bits per heavy atom. The van der Waals surface area contributed by atoms with Gasteiger partial charge in [0.05, 0.1) is 21.8 Å². The first-order chi connectivity index (χ1) is 10.1. The van der Waals surface area contributed by atoms with Crippen LogP contribution in [0.3, 0.4) is 0 Å². The summed E-state index contributed by atoms with van der Waals surface area (Å²) in [7, 11) is 0. The van der Waals surface area contributed by atoms with Gasteiger partial charge in [-0.25, -0.2) is 9.78 Å². The van der Waals surface area contributed by atoms with Crippen LogP contribution in [-0.4, -0.2) is 21.0 Å². The van der Waals surface area contributed by atoms with Gasteiger partial charge < -0.3 is 5.11 Å². The molecule has 3 rings (SSSR count). The smallest absolute Gasteiger partial charge is 0.336 e. The van der Waals surface area contributed by atoms with Gasteiger partial charge in [0.25, 0.3) is 0 Å². The largest absolute Gasteiger partial charge is 0.478 e. The van der Waals surface area contributed by atoms with Crippen LogP contribution in [0.4, 0.5) is 0 Å². The number of carboxylic acids is 1. The summed E-state index contributed by atoms with van der Waals surface area (Å²) in [6.07, 6.45) is 3.25. The standard InChI is InChI=1S/C15H8Cl2N2O2/c16-9-4-10-11(15(20)21)6-13(8-2-1-3-18-7-8)19-14(10)12(17)5-9/h1-7H,(H,20,21). The maximum Gasteiger partial charge on any atom is 0.336 e. The first kappa shape index (κ1) is 13.8. The average Bonchev–Trinajstić information content (AvgIpc) is 2.47. The topological polar surface area (TPSA) is 63.1 Å². The number of halogens is 2. The Morgan fingerprint density at radius 2 is 2.00 bits per heavy atom. The molecule has 104 valence electrons. The van der Waals surface area contributed by atoms with E-state index in [2.05, 4.69) is 9.97 Å². The van der Waals surface area contributed by atoms with Crippen LogP contribution < -0.4 is 0 Å². The van der Waals surface area contributed by atoms with Gasteiger partial charge in [0, 0.05) is 28.4 Å². The van der Waals surface area contributed by atoms with E-state index < -0.39 is 5.97 Å².